The summed E-state index contributed by atoms with van der Waals surface area (Å²) in [5, 5.41) is 0. The van der Waals surface area contributed by atoms with Crippen LogP contribution in [0.1, 0.15) is 23.1 Å². The van der Waals surface area contributed by atoms with Gasteiger partial charge in [0.1, 0.15) is 11.6 Å². The minimum absolute atomic E-state index is 0.270. The number of hydrogen-bond donors (Lipinski definition) is 0. The molecule has 0 spiro atoms. The minimum atomic E-state index is -0.456. The first-order chi connectivity index (χ1) is 12.0. The fourth-order valence-electron chi connectivity index (χ4n) is 2.61. The van der Waals surface area contributed by atoms with Crippen LogP contribution in [0.15, 0.2) is 53.2 Å². The van der Waals surface area contributed by atoms with Gasteiger partial charge in [0.05, 0.1) is 7.11 Å². The molecule has 3 rings (SSSR count). The Morgan fingerprint density at radius 2 is 1.92 bits per heavy atom. The Morgan fingerprint density at radius 3 is 2.60 bits per heavy atom. The van der Waals surface area contributed by atoms with Gasteiger partial charge in [-0.25, -0.2) is 14.2 Å². The second-order valence-corrected chi connectivity index (χ2v) is 5.78. The molecule has 0 N–H and O–H groups in total. The number of halogens is 1. The Morgan fingerprint density at radius 1 is 1.16 bits per heavy atom. The van der Waals surface area contributed by atoms with Crippen molar-refractivity contribution in [2.75, 3.05) is 7.11 Å². The zero-order valence-corrected chi connectivity index (χ0v) is 14.1. The first-order valence-corrected chi connectivity index (χ1v) is 7.95. The van der Waals surface area contributed by atoms with Crippen molar-refractivity contribution in [3.8, 4) is 5.75 Å². The monoisotopic (exact) mass is 339 g/mol. The maximum absolute atomic E-state index is 12.9. The van der Waals surface area contributed by atoms with Crippen LogP contribution in [0.3, 0.4) is 0 Å². The smallest absolute Gasteiger partial charge is 0.363 e. The van der Waals surface area contributed by atoms with Crippen molar-refractivity contribution in [3.63, 3.8) is 0 Å². The van der Waals surface area contributed by atoms with Crippen molar-refractivity contribution in [3.05, 3.63) is 70.7 Å². The molecule has 25 heavy (non-hydrogen) atoms. The molecule has 0 aliphatic carbocycles. The number of methoxy groups -OCH3 is 1. The Kier molecular flexibility index (Phi) is 4.93. The predicted octanol–water partition coefficient (Wildman–Crippen LogP) is 4.07. The number of cyclic esters (lactones) is 1. The van der Waals surface area contributed by atoms with Gasteiger partial charge in [-0.05, 0) is 60.4 Å². The molecule has 0 aromatic heterocycles. The highest BCUT2D eigenvalue weighted by Gasteiger charge is 2.22. The Hall–Kier alpha value is -2.95. The number of esters is 1. The lowest BCUT2D eigenvalue weighted by Gasteiger charge is -2.04. The molecule has 0 saturated carbocycles. The third kappa shape index (κ3) is 4.12. The van der Waals surface area contributed by atoms with Gasteiger partial charge < -0.3 is 9.47 Å². The Balaban J connectivity index is 1.71. The van der Waals surface area contributed by atoms with Crippen molar-refractivity contribution in [2.24, 2.45) is 4.99 Å². The van der Waals surface area contributed by atoms with E-state index in [1.54, 1.807) is 25.3 Å². The summed E-state index contributed by atoms with van der Waals surface area (Å²) in [6.45, 7) is 1.94. The van der Waals surface area contributed by atoms with Gasteiger partial charge in [0.15, 0.2) is 11.6 Å². The van der Waals surface area contributed by atoms with Gasteiger partial charge in [0, 0.05) is 6.42 Å². The highest BCUT2D eigenvalue weighted by atomic mass is 19.1. The van der Waals surface area contributed by atoms with E-state index in [0.29, 0.717) is 18.7 Å². The average Bonchev–Trinajstić information content (AvgIpc) is 2.94. The third-order valence-corrected chi connectivity index (χ3v) is 3.93. The van der Waals surface area contributed by atoms with Gasteiger partial charge in [-0.15, -0.1) is 0 Å². The molecule has 1 aliphatic rings. The van der Waals surface area contributed by atoms with Gasteiger partial charge in [-0.3, -0.25) is 0 Å². The summed E-state index contributed by atoms with van der Waals surface area (Å²) in [6, 6.07) is 11.9. The molecule has 0 bridgehead atoms. The molecular formula is C20H18FNO3. The number of aryl methyl sites for hydroxylation is 2. The molecule has 0 atom stereocenters. The van der Waals surface area contributed by atoms with E-state index in [1.807, 2.05) is 25.1 Å². The summed E-state index contributed by atoms with van der Waals surface area (Å²) in [5.41, 5.74) is 3.07. The highest BCUT2D eigenvalue weighted by molar-refractivity contribution is 6.07. The van der Waals surface area contributed by atoms with Gasteiger partial charge in [0.2, 0.25) is 0 Å². The van der Waals surface area contributed by atoms with Crippen molar-refractivity contribution >= 4 is 17.9 Å². The molecule has 0 fully saturated rings. The number of rotatable bonds is 5. The van der Waals surface area contributed by atoms with Crippen molar-refractivity contribution < 1.29 is 18.7 Å². The first kappa shape index (κ1) is 16.9. The lowest BCUT2D eigenvalue weighted by Crippen LogP contribution is -2.05. The standard InChI is InChI=1S/C20H18FNO3/c1-13-11-15(5-9-18(13)24-2)12-17-20(23)25-19(22-17)10-6-14-3-7-16(21)8-4-14/h3-5,7-9,11-12H,6,10H2,1-2H3/b17-12+. The summed E-state index contributed by atoms with van der Waals surface area (Å²) in [4.78, 5) is 16.2. The fourth-order valence-corrected chi connectivity index (χ4v) is 2.61. The van der Waals surface area contributed by atoms with Crippen LogP contribution >= 0.6 is 0 Å². The molecule has 5 heteroatoms. The maximum Gasteiger partial charge on any atom is 0.363 e. The second kappa shape index (κ2) is 7.30. The molecule has 0 unspecified atom stereocenters. The number of benzene rings is 2. The third-order valence-electron chi connectivity index (χ3n) is 3.93. The highest BCUT2D eigenvalue weighted by Crippen LogP contribution is 2.22. The van der Waals surface area contributed by atoms with Crippen LogP contribution in [0.2, 0.25) is 0 Å². The number of nitrogens with zero attached hydrogens (tertiary/aromatic N) is 1. The molecule has 0 radical (unpaired) electrons. The largest absolute Gasteiger partial charge is 0.496 e. The lowest BCUT2D eigenvalue weighted by atomic mass is 10.1. The molecule has 4 nitrogen and oxygen atoms in total. The molecule has 0 amide bonds. The van der Waals surface area contributed by atoms with Crippen LogP contribution in [0.4, 0.5) is 4.39 Å². The van der Waals surface area contributed by atoms with Crippen molar-refractivity contribution in [1.29, 1.82) is 0 Å². The molecule has 128 valence electrons. The molecule has 1 aliphatic heterocycles. The molecule has 1 heterocycles. The first-order valence-electron chi connectivity index (χ1n) is 7.95. The number of ether oxygens (including phenoxy) is 2. The van der Waals surface area contributed by atoms with E-state index in [-0.39, 0.29) is 11.5 Å². The molecular weight excluding hydrogens is 321 g/mol. The van der Waals surface area contributed by atoms with Crippen LogP contribution in [0.5, 0.6) is 5.75 Å². The number of carbonyl (C=O) groups excluding carboxylic acids is 1. The van der Waals surface area contributed by atoms with E-state index in [2.05, 4.69) is 4.99 Å². The lowest BCUT2D eigenvalue weighted by molar-refractivity contribution is -0.130. The number of carbonyl (C=O) groups is 1. The van der Waals surface area contributed by atoms with Gasteiger partial charge >= 0.3 is 5.97 Å². The van der Waals surface area contributed by atoms with Gasteiger partial charge in [-0.2, -0.15) is 0 Å². The molecule has 2 aromatic carbocycles. The molecule has 2 aromatic rings. The summed E-state index contributed by atoms with van der Waals surface area (Å²) < 4.78 is 23.3. The molecule has 0 saturated heterocycles. The van der Waals surface area contributed by atoms with E-state index in [0.717, 1.165) is 22.4 Å². The summed E-state index contributed by atoms with van der Waals surface area (Å²) >= 11 is 0. The van der Waals surface area contributed by atoms with Crippen molar-refractivity contribution in [2.45, 2.75) is 19.8 Å². The Bertz CT molecular complexity index is 854. The maximum atomic E-state index is 12.9. The van der Waals surface area contributed by atoms with E-state index >= 15 is 0 Å². The number of aliphatic imine (C=N–C) groups is 1. The van der Waals surface area contributed by atoms with E-state index in [9.17, 15) is 9.18 Å². The van der Waals surface area contributed by atoms with Crippen LogP contribution in [-0.4, -0.2) is 19.0 Å². The summed E-state index contributed by atoms with van der Waals surface area (Å²) in [7, 11) is 1.62. The Labute approximate surface area is 145 Å². The average molecular weight is 339 g/mol. The van der Waals surface area contributed by atoms with Gasteiger partial charge in [0.25, 0.3) is 0 Å². The normalized spacial score (nSPS) is 15.2. The van der Waals surface area contributed by atoms with E-state index in [4.69, 9.17) is 9.47 Å². The van der Waals surface area contributed by atoms with E-state index in [1.165, 1.54) is 12.1 Å². The second-order valence-electron chi connectivity index (χ2n) is 5.78. The SMILES string of the molecule is COc1ccc(/C=C2/N=C(CCc3ccc(F)cc3)OC2=O)cc1C. The van der Waals surface area contributed by atoms with Crippen LogP contribution in [0, 0.1) is 12.7 Å². The minimum Gasteiger partial charge on any atom is -0.496 e. The summed E-state index contributed by atoms with van der Waals surface area (Å²) in [6.07, 6.45) is 2.80. The summed E-state index contributed by atoms with van der Waals surface area (Å²) in [5.74, 6) is 0.446. The van der Waals surface area contributed by atoms with Crippen LogP contribution in [0.25, 0.3) is 6.08 Å². The zero-order chi connectivity index (χ0) is 17.8. The van der Waals surface area contributed by atoms with Crippen LogP contribution in [-0.2, 0) is 16.0 Å². The van der Waals surface area contributed by atoms with E-state index < -0.39 is 5.97 Å². The van der Waals surface area contributed by atoms with Crippen LogP contribution < -0.4 is 4.74 Å². The zero-order valence-electron chi connectivity index (χ0n) is 14.1. The van der Waals surface area contributed by atoms with Crippen molar-refractivity contribution in [1.82, 2.24) is 0 Å². The topological polar surface area (TPSA) is 47.9 Å². The van der Waals surface area contributed by atoms with Gasteiger partial charge in [-0.1, -0.05) is 18.2 Å². The quantitative estimate of drug-likeness (QED) is 0.609. The fraction of sp³-hybridized carbons (Fsp3) is 0.200. The number of hydrogen-bond acceptors (Lipinski definition) is 4. The predicted molar refractivity (Wildman–Crippen MR) is 94.0 cm³/mol.